The van der Waals surface area contributed by atoms with E-state index in [1.54, 1.807) is 12.3 Å². The van der Waals surface area contributed by atoms with Crippen molar-refractivity contribution in [2.75, 3.05) is 5.32 Å². The molecule has 2 N–H and O–H groups in total. The lowest BCUT2D eigenvalue weighted by molar-refractivity contribution is 0.0959. The Balaban J connectivity index is 1.26. The molecule has 3 aromatic heterocycles. The van der Waals surface area contributed by atoms with Gasteiger partial charge in [0.25, 0.3) is 11.5 Å². The second kappa shape index (κ2) is 9.59. The number of carbonyl (C=O) groups excluding carboxylic acids is 2. The maximum Gasteiger partial charge on any atom is 0.263 e. The molecule has 7 nitrogen and oxygen atoms in total. The minimum atomic E-state index is -0.571. The first-order valence-electron chi connectivity index (χ1n) is 12.8. The van der Waals surface area contributed by atoms with E-state index < -0.39 is 11.5 Å². The fraction of sp³-hybridized carbons (Fsp3) is 0.310. The first kappa shape index (κ1) is 23.6. The second-order valence-electron chi connectivity index (χ2n) is 9.74. The van der Waals surface area contributed by atoms with Gasteiger partial charge in [0.1, 0.15) is 11.3 Å². The number of H-pyrrole nitrogens is 1. The van der Waals surface area contributed by atoms with E-state index in [4.69, 9.17) is 9.40 Å². The average molecular weight is 514 g/mol. The van der Waals surface area contributed by atoms with E-state index in [0.29, 0.717) is 28.6 Å². The summed E-state index contributed by atoms with van der Waals surface area (Å²) >= 11 is 1.42. The van der Waals surface area contributed by atoms with Crippen LogP contribution in [0.15, 0.2) is 51.9 Å². The summed E-state index contributed by atoms with van der Waals surface area (Å²) in [5.41, 5.74) is 5.02. The molecule has 2 aliphatic carbocycles. The summed E-state index contributed by atoms with van der Waals surface area (Å²) in [6.07, 6.45) is 7.74. The Kier molecular flexibility index (Phi) is 6.12. The highest BCUT2D eigenvalue weighted by Crippen LogP contribution is 2.35. The van der Waals surface area contributed by atoms with E-state index in [9.17, 15) is 14.4 Å². The third kappa shape index (κ3) is 4.46. The Morgan fingerprint density at radius 2 is 1.97 bits per heavy atom. The number of aromatic nitrogens is 2. The molecule has 0 fully saturated rings. The highest BCUT2D eigenvalue weighted by molar-refractivity contribution is 7.16. The second-order valence-corrected chi connectivity index (χ2v) is 10.8. The van der Waals surface area contributed by atoms with Crippen molar-refractivity contribution in [3.8, 4) is 11.3 Å². The van der Waals surface area contributed by atoms with Crippen LogP contribution in [0.3, 0.4) is 0 Å². The first-order valence-corrected chi connectivity index (χ1v) is 13.6. The minimum Gasteiger partial charge on any atom is -0.469 e. The van der Waals surface area contributed by atoms with Gasteiger partial charge in [0.05, 0.1) is 12.0 Å². The number of Topliss-reactive ketones (excluding diaryl/α,β-unsaturated/α-hetero) is 1. The fourth-order valence-electron chi connectivity index (χ4n) is 5.44. The largest absolute Gasteiger partial charge is 0.469 e. The molecule has 0 saturated heterocycles. The zero-order valence-corrected chi connectivity index (χ0v) is 21.4. The molecular weight excluding hydrogens is 486 g/mol. The van der Waals surface area contributed by atoms with Gasteiger partial charge in [-0.3, -0.25) is 19.7 Å². The molecule has 188 valence electrons. The van der Waals surface area contributed by atoms with Crippen molar-refractivity contribution < 1.29 is 14.0 Å². The summed E-state index contributed by atoms with van der Waals surface area (Å²) in [5.74, 6) is -0.106. The predicted molar refractivity (Wildman–Crippen MR) is 143 cm³/mol. The molecule has 0 unspecified atom stereocenters. The number of aromatic amines is 1. The molecule has 0 spiro atoms. The monoisotopic (exact) mass is 513 g/mol. The smallest absolute Gasteiger partial charge is 0.263 e. The Hall–Kier alpha value is -3.78. The lowest BCUT2D eigenvalue weighted by Crippen LogP contribution is -2.29. The molecule has 6 rings (SSSR count). The maximum absolute atomic E-state index is 13.1. The van der Waals surface area contributed by atoms with Crippen LogP contribution in [0.5, 0.6) is 0 Å². The van der Waals surface area contributed by atoms with Gasteiger partial charge in [-0.05, 0) is 73.9 Å². The van der Waals surface area contributed by atoms with E-state index in [2.05, 4.69) is 35.4 Å². The molecule has 0 radical (unpaired) electrons. The number of amides is 1. The van der Waals surface area contributed by atoms with Gasteiger partial charge < -0.3 is 9.40 Å². The summed E-state index contributed by atoms with van der Waals surface area (Å²) in [5, 5.41) is 3.24. The number of carbonyl (C=O) groups is 2. The number of hydrogen-bond acceptors (Lipinski definition) is 6. The van der Waals surface area contributed by atoms with Gasteiger partial charge in [-0.15, -0.1) is 11.3 Å². The van der Waals surface area contributed by atoms with Crippen molar-refractivity contribution in [3.05, 3.63) is 91.6 Å². The number of fused-ring (bicyclic) bond motifs is 2. The van der Waals surface area contributed by atoms with E-state index in [1.807, 2.05) is 6.07 Å². The highest BCUT2D eigenvalue weighted by atomic mass is 32.1. The molecule has 4 aromatic rings. The van der Waals surface area contributed by atoms with Crippen LogP contribution in [-0.4, -0.2) is 21.7 Å². The number of ketones is 1. The molecule has 2 aliphatic rings. The van der Waals surface area contributed by atoms with E-state index in [-0.39, 0.29) is 23.7 Å². The van der Waals surface area contributed by atoms with Crippen LogP contribution >= 0.6 is 11.3 Å². The number of pyridine rings is 1. The van der Waals surface area contributed by atoms with Gasteiger partial charge in [-0.2, -0.15) is 0 Å². The normalized spacial score (nSPS) is 16.8. The summed E-state index contributed by atoms with van der Waals surface area (Å²) in [7, 11) is 0. The van der Waals surface area contributed by atoms with Crippen LogP contribution in [0, 0.1) is 0 Å². The third-order valence-corrected chi connectivity index (χ3v) is 8.47. The summed E-state index contributed by atoms with van der Waals surface area (Å²) < 4.78 is 5.46. The number of rotatable bonds is 5. The van der Waals surface area contributed by atoms with Crippen molar-refractivity contribution in [1.29, 1.82) is 0 Å². The third-order valence-electron chi connectivity index (χ3n) is 7.36. The molecule has 8 heteroatoms. The van der Waals surface area contributed by atoms with Crippen LogP contribution in [0.25, 0.3) is 11.3 Å². The molecule has 0 bridgehead atoms. The molecule has 3 heterocycles. The van der Waals surface area contributed by atoms with Gasteiger partial charge in [0, 0.05) is 34.0 Å². The number of nitrogens with zero attached hydrogens (tertiary/aromatic N) is 1. The Labute approximate surface area is 218 Å². The zero-order chi connectivity index (χ0) is 25.5. The molecular formula is C29H27N3O4S. The van der Waals surface area contributed by atoms with Crippen molar-refractivity contribution in [3.63, 3.8) is 0 Å². The number of furan rings is 1. The van der Waals surface area contributed by atoms with Crippen molar-refractivity contribution in [2.24, 2.45) is 0 Å². The summed E-state index contributed by atoms with van der Waals surface area (Å²) in [6, 6.07) is 11.6. The van der Waals surface area contributed by atoms with Crippen LogP contribution < -0.4 is 10.9 Å². The van der Waals surface area contributed by atoms with Crippen LogP contribution in [0.4, 0.5) is 5.13 Å². The van der Waals surface area contributed by atoms with Crippen molar-refractivity contribution in [2.45, 2.75) is 57.8 Å². The predicted octanol–water partition coefficient (Wildman–Crippen LogP) is 5.70. The number of anilines is 1. The number of benzene rings is 1. The number of thiazole rings is 1. The molecule has 37 heavy (non-hydrogen) atoms. The SMILES string of the molecule is CCc1sc(NC(=O)c2cc3c([nH]c2=O)C[C@H](c2ccco2)CC3=O)nc1-c1ccc2c(c1)CCCC2. The Bertz CT molecular complexity index is 1560. The van der Waals surface area contributed by atoms with Crippen molar-refractivity contribution >= 4 is 28.2 Å². The molecule has 1 aromatic carbocycles. The van der Waals surface area contributed by atoms with E-state index in [0.717, 1.165) is 35.4 Å². The lowest BCUT2D eigenvalue weighted by atomic mass is 9.84. The zero-order valence-electron chi connectivity index (χ0n) is 20.6. The van der Waals surface area contributed by atoms with Gasteiger partial charge >= 0.3 is 0 Å². The van der Waals surface area contributed by atoms with E-state index in [1.165, 1.54) is 41.4 Å². The standard InChI is InChI=1S/C29H27N3O4S/c1-2-25-26(18-10-9-16-6-3-4-7-17(16)12-18)31-29(37-25)32-28(35)21-15-20-22(30-27(21)34)13-19(14-23(20)33)24-8-5-11-36-24/h5,8-12,15,19H,2-4,6-7,13-14H2,1H3,(H,30,34)(H,31,32,35)/t19-/m0/s1. The van der Waals surface area contributed by atoms with Crippen LogP contribution in [0.2, 0.25) is 0 Å². The van der Waals surface area contributed by atoms with Gasteiger partial charge in [0.15, 0.2) is 10.9 Å². The van der Waals surface area contributed by atoms with Gasteiger partial charge in [-0.25, -0.2) is 4.98 Å². The molecule has 0 aliphatic heterocycles. The van der Waals surface area contributed by atoms with Crippen LogP contribution in [-0.2, 0) is 25.7 Å². The quantitative estimate of drug-likeness (QED) is 0.356. The number of nitrogens with one attached hydrogen (secondary N) is 2. The van der Waals surface area contributed by atoms with Crippen LogP contribution in [0.1, 0.15) is 80.3 Å². The number of aryl methyl sites for hydroxylation is 3. The lowest BCUT2D eigenvalue weighted by Gasteiger charge is -2.22. The topological polar surface area (TPSA) is 105 Å². The van der Waals surface area contributed by atoms with Crippen molar-refractivity contribution in [1.82, 2.24) is 9.97 Å². The molecule has 1 atom stereocenters. The highest BCUT2D eigenvalue weighted by Gasteiger charge is 2.30. The minimum absolute atomic E-state index is 0.0906. The average Bonchev–Trinajstić information content (AvgIpc) is 3.58. The molecule has 0 saturated carbocycles. The van der Waals surface area contributed by atoms with E-state index >= 15 is 0 Å². The Morgan fingerprint density at radius 1 is 1.14 bits per heavy atom. The maximum atomic E-state index is 13.1. The van der Waals surface area contributed by atoms with Gasteiger partial charge in [0.2, 0.25) is 0 Å². The Morgan fingerprint density at radius 3 is 2.76 bits per heavy atom. The summed E-state index contributed by atoms with van der Waals surface area (Å²) in [4.78, 5) is 47.4. The molecule has 1 amide bonds. The first-order chi connectivity index (χ1) is 18.0. The fourth-order valence-corrected chi connectivity index (χ4v) is 6.36. The summed E-state index contributed by atoms with van der Waals surface area (Å²) in [6.45, 7) is 2.07. The van der Waals surface area contributed by atoms with Gasteiger partial charge in [-0.1, -0.05) is 19.1 Å². The number of hydrogen-bond donors (Lipinski definition) is 2.